The highest BCUT2D eigenvalue weighted by Crippen LogP contribution is 2.33. The molecule has 1 N–H and O–H groups in total. The van der Waals surface area contributed by atoms with E-state index in [4.69, 9.17) is 0 Å². The second kappa shape index (κ2) is 3.77. The standard InChI is InChI=1S/C9H11BN2O2S/c1-4(13)11-9-12-6-3-2-5(10)7(14)8(6)15-9/h5H,2-3,10H2,1H3,(H,11,12,13). The smallest absolute Gasteiger partial charge is 0.223 e. The maximum atomic E-state index is 11.8. The van der Waals surface area contributed by atoms with E-state index < -0.39 is 0 Å². The Labute approximate surface area is 92.5 Å². The lowest BCUT2D eigenvalue weighted by atomic mass is 9.76. The fraction of sp³-hybridized carbons (Fsp3) is 0.444. The third-order valence-electron chi connectivity index (χ3n) is 2.47. The van der Waals surface area contributed by atoms with E-state index in [1.165, 1.54) is 18.3 Å². The van der Waals surface area contributed by atoms with Crippen LogP contribution in [0, 0.1) is 0 Å². The van der Waals surface area contributed by atoms with Gasteiger partial charge in [-0.3, -0.25) is 9.59 Å². The number of hydrogen-bond donors (Lipinski definition) is 1. The van der Waals surface area contributed by atoms with Crippen LogP contribution >= 0.6 is 11.3 Å². The molecule has 2 rings (SSSR count). The molecule has 0 spiro atoms. The van der Waals surface area contributed by atoms with Crippen LogP contribution in [0.1, 0.15) is 28.7 Å². The van der Waals surface area contributed by atoms with Crippen molar-refractivity contribution < 1.29 is 9.59 Å². The summed E-state index contributed by atoms with van der Waals surface area (Å²) in [5.74, 6) is 0.0927. The number of anilines is 1. The van der Waals surface area contributed by atoms with Crippen LogP contribution in [0.4, 0.5) is 5.13 Å². The Bertz CT molecular complexity index is 430. The first kappa shape index (κ1) is 10.4. The summed E-state index contributed by atoms with van der Waals surface area (Å²) >= 11 is 1.28. The Morgan fingerprint density at radius 3 is 3.07 bits per heavy atom. The van der Waals surface area contributed by atoms with Gasteiger partial charge in [0.05, 0.1) is 10.6 Å². The fourth-order valence-corrected chi connectivity index (χ4v) is 2.74. The number of ketones is 1. The monoisotopic (exact) mass is 222 g/mol. The zero-order valence-corrected chi connectivity index (χ0v) is 9.48. The average molecular weight is 222 g/mol. The molecule has 1 unspecified atom stereocenters. The Morgan fingerprint density at radius 2 is 2.40 bits per heavy atom. The third kappa shape index (κ3) is 1.94. The lowest BCUT2D eigenvalue weighted by Gasteiger charge is -2.14. The van der Waals surface area contributed by atoms with Gasteiger partial charge in [0.25, 0.3) is 0 Å². The Morgan fingerprint density at radius 1 is 1.67 bits per heavy atom. The maximum absolute atomic E-state index is 11.8. The zero-order chi connectivity index (χ0) is 11.0. The molecule has 0 radical (unpaired) electrons. The molecule has 0 bridgehead atoms. The van der Waals surface area contributed by atoms with E-state index in [0.29, 0.717) is 5.13 Å². The normalized spacial score (nSPS) is 19.8. The Balaban J connectivity index is 2.31. The number of thiazole rings is 1. The number of nitrogens with zero attached hydrogens (tertiary/aromatic N) is 1. The van der Waals surface area contributed by atoms with Crippen molar-refractivity contribution in [1.29, 1.82) is 0 Å². The summed E-state index contributed by atoms with van der Waals surface area (Å²) in [7, 11) is 1.93. The van der Waals surface area contributed by atoms with Crippen LogP contribution in [0.5, 0.6) is 0 Å². The number of nitrogens with one attached hydrogen (secondary N) is 1. The van der Waals surface area contributed by atoms with Gasteiger partial charge in [-0.15, -0.1) is 0 Å². The molecule has 1 heterocycles. The molecule has 0 fully saturated rings. The highest BCUT2D eigenvalue weighted by atomic mass is 32.1. The first-order valence-electron chi connectivity index (χ1n) is 4.89. The Kier molecular flexibility index (Phi) is 2.60. The summed E-state index contributed by atoms with van der Waals surface area (Å²) in [5.41, 5.74) is 0.840. The van der Waals surface area contributed by atoms with Gasteiger partial charge in [0, 0.05) is 6.92 Å². The molecule has 0 saturated carbocycles. The highest BCUT2D eigenvalue weighted by molar-refractivity contribution is 7.18. The van der Waals surface area contributed by atoms with Crippen LogP contribution in [0.2, 0.25) is 5.82 Å². The quantitative estimate of drug-likeness (QED) is 0.709. The van der Waals surface area contributed by atoms with E-state index >= 15 is 0 Å². The molecule has 1 amide bonds. The molecule has 6 heteroatoms. The summed E-state index contributed by atoms with van der Waals surface area (Å²) in [6.07, 6.45) is 1.69. The fourth-order valence-electron chi connectivity index (χ4n) is 1.63. The molecule has 0 aliphatic heterocycles. The van der Waals surface area contributed by atoms with Crippen LogP contribution in [0.15, 0.2) is 0 Å². The van der Waals surface area contributed by atoms with Gasteiger partial charge in [0.2, 0.25) is 5.91 Å². The molecule has 78 valence electrons. The first-order chi connectivity index (χ1) is 7.08. The third-order valence-corrected chi connectivity index (χ3v) is 3.49. The number of hydrogen-bond acceptors (Lipinski definition) is 4. The second-order valence-electron chi connectivity index (χ2n) is 3.78. The summed E-state index contributed by atoms with van der Waals surface area (Å²) in [6.45, 7) is 1.44. The van der Waals surface area contributed by atoms with Crippen LogP contribution in [-0.2, 0) is 11.2 Å². The van der Waals surface area contributed by atoms with Gasteiger partial charge in [0.1, 0.15) is 7.85 Å². The van der Waals surface area contributed by atoms with E-state index in [1.54, 1.807) is 0 Å². The predicted molar refractivity (Wildman–Crippen MR) is 61.4 cm³/mol. The molecule has 4 nitrogen and oxygen atoms in total. The zero-order valence-electron chi connectivity index (χ0n) is 8.66. The molecule has 0 aromatic carbocycles. The van der Waals surface area contributed by atoms with Crippen molar-refractivity contribution in [3.05, 3.63) is 10.6 Å². The van der Waals surface area contributed by atoms with Crippen molar-refractivity contribution in [3.8, 4) is 0 Å². The maximum Gasteiger partial charge on any atom is 0.223 e. The number of rotatable bonds is 1. The number of aromatic nitrogens is 1. The van der Waals surface area contributed by atoms with Gasteiger partial charge >= 0.3 is 0 Å². The van der Waals surface area contributed by atoms with Crippen molar-refractivity contribution in [3.63, 3.8) is 0 Å². The van der Waals surface area contributed by atoms with Crippen LogP contribution in [0.25, 0.3) is 0 Å². The number of aryl methyl sites for hydroxylation is 1. The van der Waals surface area contributed by atoms with E-state index in [0.717, 1.165) is 23.4 Å². The summed E-state index contributed by atoms with van der Waals surface area (Å²) in [6, 6.07) is 0. The molecule has 15 heavy (non-hydrogen) atoms. The summed E-state index contributed by atoms with van der Waals surface area (Å²) in [4.78, 5) is 27.6. The van der Waals surface area contributed by atoms with Crippen LogP contribution < -0.4 is 5.32 Å². The van der Waals surface area contributed by atoms with E-state index in [9.17, 15) is 9.59 Å². The average Bonchev–Trinajstić information content (AvgIpc) is 2.54. The lowest BCUT2D eigenvalue weighted by molar-refractivity contribution is -0.114. The van der Waals surface area contributed by atoms with Crippen molar-refractivity contribution >= 4 is 36.0 Å². The topological polar surface area (TPSA) is 59.1 Å². The van der Waals surface area contributed by atoms with Crippen LogP contribution in [-0.4, -0.2) is 24.5 Å². The minimum atomic E-state index is -0.151. The van der Waals surface area contributed by atoms with E-state index in [2.05, 4.69) is 10.3 Å². The number of Topliss-reactive ketones (excluding diaryl/α,β-unsaturated/α-hetero) is 1. The highest BCUT2D eigenvalue weighted by Gasteiger charge is 2.27. The number of carbonyl (C=O) groups is 2. The molecular weight excluding hydrogens is 211 g/mol. The van der Waals surface area contributed by atoms with E-state index in [1.807, 2.05) is 7.85 Å². The first-order valence-corrected chi connectivity index (χ1v) is 5.71. The molecule has 0 saturated heterocycles. The van der Waals surface area contributed by atoms with Gasteiger partial charge in [-0.05, 0) is 18.7 Å². The molecule has 1 aliphatic rings. The SMILES string of the molecule is BC1CCc2nc(NC(C)=O)sc2C1=O. The lowest BCUT2D eigenvalue weighted by Crippen LogP contribution is -2.16. The van der Waals surface area contributed by atoms with Crippen molar-refractivity contribution in [2.75, 3.05) is 5.32 Å². The Hall–Kier alpha value is -1.17. The van der Waals surface area contributed by atoms with Gasteiger partial charge in [0.15, 0.2) is 10.9 Å². The molecular formula is C9H11BN2O2S. The van der Waals surface area contributed by atoms with Gasteiger partial charge < -0.3 is 5.32 Å². The largest absolute Gasteiger partial charge is 0.302 e. The van der Waals surface area contributed by atoms with Crippen molar-refractivity contribution in [2.24, 2.45) is 0 Å². The van der Waals surface area contributed by atoms with Gasteiger partial charge in [-0.2, -0.15) is 0 Å². The van der Waals surface area contributed by atoms with Crippen molar-refractivity contribution in [1.82, 2.24) is 4.98 Å². The summed E-state index contributed by atoms with van der Waals surface area (Å²) in [5, 5.41) is 3.15. The molecule has 1 atom stereocenters. The van der Waals surface area contributed by atoms with Gasteiger partial charge in [-0.25, -0.2) is 4.98 Å². The summed E-state index contributed by atoms with van der Waals surface area (Å²) < 4.78 is 0. The predicted octanol–water partition coefficient (Wildman–Crippen LogP) is 0.652. The van der Waals surface area contributed by atoms with Crippen molar-refractivity contribution in [2.45, 2.75) is 25.6 Å². The minimum absolute atomic E-state index is 0.0862. The van der Waals surface area contributed by atoms with Gasteiger partial charge in [-0.1, -0.05) is 11.3 Å². The number of amides is 1. The minimum Gasteiger partial charge on any atom is -0.302 e. The molecule has 1 aromatic rings. The second-order valence-corrected chi connectivity index (χ2v) is 4.78. The number of carbonyl (C=O) groups excluding carboxylic acids is 2. The molecule has 1 aromatic heterocycles. The molecule has 1 aliphatic carbocycles. The van der Waals surface area contributed by atoms with Crippen LogP contribution in [0.3, 0.4) is 0 Å². The number of fused-ring (bicyclic) bond motifs is 1. The van der Waals surface area contributed by atoms with E-state index in [-0.39, 0.29) is 17.5 Å².